The monoisotopic (exact) mass is 648 g/mol. The highest BCUT2D eigenvalue weighted by atomic mass is 32.1. The van der Waals surface area contributed by atoms with Gasteiger partial charge in [0.05, 0.1) is 52.9 Å². The molecule has 0 amide bonds. The third-order valence-corrected chi connectivity index (χ3v) is 8.38. The van der Waals surface area contributed by atoms with E-state index in [2.05, 4.69) is 34.9 Å². The summed E-state index contributed by atoms with van der Waals surface area (Å²) < 4.78 is 25.1. The molecule has 0 unspecified atom stereocenters. The second-order valence-corrected chi connectivity index (χ2v) is 10.4. The van der Waals surface area contributed by atoms with E-state index >= 15 is 0 Å². The van der Waals surface area contributed by atoms with Gasteiger partial charge in [0.15, 0.2) is 23.0 Å². The van der Waals surface area contributed by atoms with Crippen molar-refractivity contribution in [2.45, 2.75) is 13.3 Å². The SMILES string of the molecule is COc1ccc(-c2c(C#N)c3n(c(=S)c2C#N)CNc2c(C#N)c(-c4ccc(OC)c(OC)c4)c(C#N)c(=S)n2CN3)cc1OC. The second kappa shape index (κ2) is 12.9. The van der Waals surface area contributed by atoms with Crippen LogP contribution in [0, 0.1) is 54.6 Å². The molecule has 0 bridgehead atoms. The predicted molar refractivity (Wildman–Crippen MR) is 174 cm³/mol. The molecule has 0 saturated carbocycles. The van der Waals surface area contributed by atoms with Crippen molar-refractivity contribution >= 4 is 36.1 Å². The zero-order valence-electron chi connectivity index (χ0n) is 25.0. The van der Waals surface area contributed by atoms with E-state index in [1.807, 2.05) is 0 Å². The molecule has 2 aromatic carbocycles. The van der Waals surface area contributed by atoms with Crippen molar-refractivity contribution in [3.8, 4) is 69.5 Å². The maximum atomic E-state index is 10.4. The molecule has 0 fully saturated rings. The van der Waals surface area contributed by atoms with E-state index in [0.717, 1.165) is 0 Å². The minimum absolute atomic E-state index is 0.0442. The molecule has 4 aromatic rings. The van der Waals surface area contributed by atoms with Gasteiger partial charge in [0.25, 0.3) is 0 Å². The maximum Gasteiger partial charge on any atom is 0.161 e. The first-order chi connectivity index (χ1) is 22.3. The normalized spacial score (nSPS) is 11.3. The molecule has 0 radical (unpaired) electrons. The van der Waals surface area contributed by atoms with E-state index in [9.17, 15) is 21.0 Å². The number of hydrogen-bond donors (Lipinski definition) is 2. The second-order valence-electron chi connectivity index (χ2n) is 9.67. The fraction of sp³-hybridized carbons (Fsp3) is 0.188. The lowest BCUT2D eigenvalue weighted by Gasteiger charge is -2.28. The van der Waals surface area contributed by atoms with Gasteiger partial charge in [-0.15, -0.1) is 0 Å². The molecule has 14 heteroatoms. The number of hydrogen-bond acceptors (Lipinski definition) is 12. The molecular formula is C32H24N8O4S2. The van der Waals surface area contributed by atoms with Gasteiger partial charge in [-0.05, 0) is 35.4 Å². The van der Waals surface area contributed by atoms with Crippen LogP contribution in [-0.4, -0.2) is 37.6 Å². The number of nitrogens with one attached hydrogen (secondary N) is 2. The Kier molecular flexibility index (Phi) is 8.79. The zero-order chi connectivity index (χ0) is 33.1. The summed E-state index contributed by atoms with van der Waals surface area (Å²) >= 11 is 11.6. The van der Waals surface area contributed by atoms with Crippen molar-refractivity contribution in [3.05, 3.63) is 67.9 Å². The molecule has 0 spiro atoms. The first kappa shape index (κ1) is 31.4. The van der Waals surface area contributed by atoms with Crippen molar-refractivity contribution in [2.24, 2.45) is 0 Å². The van der Waals surface area contributed by atoms with Crippen LogP contribution >= 0.6 is 24.4 Å². The maximum absolute atomic E-state index is 10.4. The van der Waals surface area contributed by atoms with Crippen LogP contribution in [0.1, 0.15) is 22.3 Å². The predicted octanol–water partition coefficient (Wildman–Crippen LogP) is 6.06. The van der Waals surface area contributed by atoms with Crippen LogP contribution in [0.3, 0.4) is 0 Å². The van der Waals surface area contributed by atoms with Crippen molar-refractivity contribution in [3.63, 3.8) is 0 Å². The largest absolute Gasteiger partial charge is 0.493 e. The number of aromatic nitrogens is 2. The van der Waals surface area contributed by atoms with Gasteiger partial charge in [0, 0.05) is 11.1 Å². The highest BCUT2D eigenvalue weighted by molar-refractivity contribution is 7.71. The van der Waals surface area contributed by atoms with Crippen molar-refractivity contribution in [2.75, 3.05) is 39.1 Å². The number of fused-ring (bicyclic) bond motifs is 2. The lowest BCUT2D eigenvalue weighted by Crippen LogP contribution is -2.27. The Balaban J connectivity index is 1.74. The Morgan fingerprint density at radius 2 is 0.913 bits per heavy atom. The van der Waals surface area contributed by atoms with Gasteiger partial charge in [-0.25, -0.2) is 0 Å². The van der Waals surface area contributed by atoms with Crippen LogP contribution in [0.4, 0.5) is 11.6 Å². The summed E-state index contributed by atoms with van der Waals surface area (Å²) in [5, 5.41) is 47.9. The molecule has 46 heavy (non-hydrogen) atoms. The third-order valence-electron chi connectivity index (χ3n) is 7.53. The molecule has 228 valence electrons. The summed E-state index contributed by atoms with van der Waals surface area (Å²) in [6, 6.07) is 18.9. The molecular weight excluding hydrogens is 625 g/mol. The third kappa shape index (κ3) is 4.98. The van der Waals surface area contributed by atoms with E-state index < -0.39 is 0 Å². The number of nitriles is 4. The van der Waals surface area contributed by atoms with Gasteiger partial charge in [-0.1, -0.05) is 36.6 Å². The molecule has 5 rings (SSSR count). The van der Waals surface area contributed by atoms with Gasteiger partial charge in [0.1, 0.15) is 56.3 Å². The molecule has 0 atom stereocenters. The van der Waals surface area contributed by atoms with Crippen LogP contribution in [0.5, 0.6) is 23.0 Å². The van der Waals surface area contributed by atoms with E-state index in [-0.39, 0.29) is 44.9 Å². The van der Waals surface area contributed by atoms with Crippen molar-refractivity contribution in [1.29, 1.82) is 21.0 Å². The topological polar surface area (TPSA) is 166 Å². The summed E-state index contributed by atoms with van der Waals surface area (Å²) in [6.07, 6.45) is 0. The minimum Gasteiger partial charge on any atom is -0.493 e. The molecule has 1 aliphatic rings. The molecule has 0 saturated heterocycles. The quantitative estimate of drug-likeness (QED) is 0.233. The number of methoxy groups -OCH3 is 4. The summed E-state index contributed by atoms with van der Waals surface area (Å²) in [5.74, 6) is 2.40. The number of nitrogens with zero attached hydrogens (tertiary/aromatic N) is 6. The summed E-state index contributed by atoms with van der Waals surface area (Å²) in [5.41, 5.74) is 2.19. The molecule has 2 N–H and O–H groups in total. The van der Waals surface area contributed by atoms with Crippen molar-refractivity contribution in [1.82, 2.24) is 9.13 Å². The fourth-order valence-electron chi connectivity index (χ4n) is 5.41. The fourth-order valence-corrected chi connectivity index (χ4v) is 6.01. The van der Waals surface area contributed by atoms with E-state index in [1.165, 1.54) is 28.4 Å². The molecule has 3 heterocycles. The lowest BCUT2D eigenvalue weighted by molar-refractivity contribution is 0.355. The Hall–Kier alpha value is -6.06. The standard InChI is InChI=1S/C32H24N8O4S2/c1-41-23-7-5-17(9-25(23)43-3)27-19(11-33)29-37-15-40-30(38-16-39(29)31(45)21(27)13-35)20(12-34)28(22(14-36)32(40)46)18-6-8-24(42-2)26(10-18)44-4/h5-10,37-38H,15-16H2,1-4H3. The number of benzene rings is 2. The van der Waals surface area contributed by atoms with Gasteiger partial charge in [0.2, 0.25) is 0 Å². The van der Waals surface area contributed by atoms with Crippen LogP contribution in [0.25, 0.3) is 22.3 Å². The Morgan fingerprint density at radius 3 is 1.22 bits per heavy atom. The van der Waals surface area contributed by atoms with Crippen LogP contribution in [-0.2, 0) is 13.3 Å². The lowest BCUT2D eigenvalue weighted by atomic mass is 9.95. The molecule has 2 aromatic heterocycles. The first-order valence-corrected chi connectivity index (χ1v) is 14.3. The highest BCUT2D eigenvalue weighted by Crippen LogP contribution is 2.41. The number of ether oxygens (including phenoxy) is 4. The Morgan fingerprint density at radius 1 is 0.565 bits per heavy atom. The number of anilines is 2. The molecule has 0 aliphatic carbocycles. The molecule has 1 aliphatic heterocycles. The Labute approximate surface area is 274 Å². The zero-order valence-corrected chi connectivity index (χ0v) is 26.6. The number of pyridine rings is 2. The van der Waals surface area contributed by atoms with Gasteiger partial charge < -0.3 is 29.6 Å². The van der Waals surface area contributed by atoms with E-state index in [4.69, 9.17) is 43.4 Å². The van der Waals surface area contributed by atoms with Crippen LogP contribution in [0.2, 0.25) is 0 Å². The average molecular weight is 649 g/mol. The van der Waals surface area contributed by atoms with Gasteiger partial charge in [-0.2, -0.15) is 21.0 Å². The summed E-state index contributed by atoms with van der Waals surface area (Å²) in [6.45, 7) is -0.0884. The summed E-state index contributed by atoms with van der Waals surface area (Å²) in [7, 11) is 5.99. The average Bonchev–Trinajstić information content (AvgIpc) is 3.08. The van der Waals surface area contributed by atoms with Crippen molar-refractivity contribution < 1.29 is 18.9 Å². The minimum atomic E-state index is -0.0442. The highest BCUT2D eigenvalue weighted by Gasteiger charge is 2.27. The van der Waals surface area contributed by atoms with Crippen LogP contribution < -0.4 is 29.6 Å². The smallest absolute Gasteiger partial charge is 0.161 e. The van der Waals surface area contributed by atoms with Gasteiger partial charge >= 0.3 is 0 Å². The van der Waals surface area contributed by atoms with Gasteiger partial charge in [-0.3, -0.25) is 9.13 Å². The number of rotatable bonds is 6. The van der Waals surface area contributed by atoms with E-state index in [1.54, 1.807) is 45.5 Å². The Bertz CT molecular complexity index is 2060. The summed E-state index contributed by atoms with van der Waals surface area (Å²) in [4.78, 5) is 0. The van der Waals surface area contributed by atoms with Crippen LogP contribution in [0.15, 0.2) is 36.4 Å². The first-order valence-electron chi connectivity index (χ1n) is 13.5. The van der Waals surface area contributed by atoms with E-state index in [0.29, 0.717) is 56.9 Å². The molecule has 12 nitrogen and oxygen atoms in total.